The lowest BCUT2D eigenvalue weighted by Crippen LogP contribution is -1.94. The Morgan fingerprint density at radius 3 is 2.47 bits per heavy atom. The van der Waals surface area contributed by atoms with Crippen LogP contribution in [-0.4, -0.2) is 5.24 Å². The summed E-state index contributed by atoms with van der Waals surface area (Å²) in [7, 11) is 0. The van der Waals surface area contributed by atoms with Gasteiger partial charge >= 0.3 is 0 Å². The van der Waals surface area contributed by atoms with Gasteiger partial charge in [0.2, 0.25) is 0 Å². The summed E-state index contributed by atoms with van der Waals surface area (Å²) in [6.45, 7) is 2.18. The van der Waals surface area contributed by atoms with Gasteiger partial charge in [-0.2, -0.15) is 0 Å². The van der Waals surface area contributed by atoms with Crippen molar-refractivity contribution < 1.29 is 4.79 Å². The summed E-state index contributed by atoms with van der Waals surface area (Å²) in [6, 6.07) is 11.8. The molecule has 0 saturated heterocycles. The molecule has 0 radical (unpaired) electrons. The number of hydrogen-bond donors (Lipinski definition) is 0. The van der Waals surface area contributed by atoms with Gasteiger partial charge in [-0.15, -0.1) is 0 Å². The molecular formula is C15H15ClO. The average molecular weight is 247 g/mol. The number of halogens is 1. The van der Waals surface area contributed by atoms with Gasteiger partial charge in [-0.05, 0) is 46.8 Å². The zero-order valence-corrected chi connectivity index (χ0v) is 10.6. The first-order valence-electron chi connectivity index (χ1n) is 5.94. The average Bonchev–Trinajstić information content (AvgIpc) is 2.35. The van der Waals surface area contributed by atoms with Crippen LogP contribution < -0.4 is 0 Å². The van der Waals surface area contributed by atoms with Crippen molar-refractivity contribution in [2.75, 3.05) is 0 Å². The number of fused-ring (bicyclic) bond motifs is 1. The molecule has 2 aromatic rings. The van der Waals surface area contributed by atoms with Gasteiger partial charge in [0.15, 0.2) is 0 Å². The Hall–Kier alpha value is -1.34. The van der Waals surface area contributed by atoms with Gasteiger partial charge in [0.25, 0.3) is 5.24 Å². The summed E-state index contributed by atoms with van der Waals surface area (Å²) in [4.78, 5) is 11.4. The third kappa shape index (κ3) is 2.50. The van der Waals surface area contributed by atoms with Crippen LogP contribution in [0.15, 0.2) is 36.4 Å². The fraction of sp³-hybridized carbons (Fsp3) is 0.267. The van der Waals surface area contributed by atoms with Gasteiger partial charge in [0.1, 0.15) is 0 Å². The third-order valence-electron chi connectivity index (χ3n) is 3.03. The smallest absolute Gasteiger partial charge is 0.253 e. The number of hydrogen-bond acceptors (Lipinski definition) is 1. The molecule has 1 nitrogen and oxygen atoms in total. The third-order valence-corrected chi connectivity index (χ3v) is 3.23. The molecule has 0 N–H and O–H groups in total. The topological polar surface area (TPSA) is 17.1 Å². The Labute approximate surface area is 106 Å². The van der Waals surface area contributed by atoms with Crippen LogP contribution in [0.1, 0.15) is 35.7 Å². The van der Waals surface area contributed by atoms with E-state index in [1.807, 2.05) is 30.3 Å². The van der Waals surface area contributed by atoms with E-state index in [0.29, 0.717) is 5.56 Å². The van der Waals surface area contributed by atoms with Crippen LogP contribution in [0.2, 0.25) is 0 Å². The quantitative estimate of drug-likeness (QED) is 0.723. The summed E-state index contributed by atoms with van der Waals surface area (Å²) >= 11 is 5.60. The van der Waals surface area contributed by atoms with E-state index < -0.39 is 0 Å². The standard InChI is InChI=1S/C15H15ClO/c1-2-3-6-11-9-10-14(15(16)17)13-8-5-4-7-12(11)13/h4-5,7-10H,2-3,6H2,1H3. The summed E-state index contributed by atoms with van der Waals surface area (Å²) < 4.78 is 0. The Morgan fingerprint density at radius 2 is 1.82 bits per heavy atom. The molecular weight excluding hydrogens is 232 g/mol. The van der Waals surface area contributed by atoms with E-state index in [1.165, 1.54) is 12.0 Å². The highest BCUT2D eigenvalue weighted by atomic mass is 35.5. The minimum absolute atomic E-state index is 0.386. The summed E-state index contributed by atoms with van der Waals surface area (Å²) in [5.41, 5.74) is 1.90. The van der Waals surface area contributed by atoms with Crippen molar-refractivity contribution in [3.8, 4) is 0 Å². The van der Waals surface area contributed by atoms with Crippen molar-refractivity contribution in [3.63, 3.8) is 0 Å². The SMILES string of the molecule is CCCCc1ccc(C(=O)Cl)c2ccccc12. The molecule has 0 aliphatic carbocycles. The van der Waals surface area contributed by atoms with E-state index in [9.17, 15) is 4.79 Å². The number of benzene rings is 2. The van der Waals surface area contributed by atoms with Crippen LogP contribution in [-0.2, 0) is 6.42 Å². The van der Waals surface area contributed by atoms with Crippen LogP contribution in [0.4, 0.5) is 0 Å². The van der Waals surface area contributed by atoms with Crippen molar-refractivity contribution in [1.29, 1.82) is 0 Å². The second-order valence-corrected chi connectivity index (χ2v) is 4.54. The summed E-state index contributed by atoms with van der Waals surface area (Å²) in [6.07, 6.45) is 3.39. The van der Waals surface area contributed by atoms with E-state index in [2.05, 4.69) is 13.0 Å². The van der Waals surface area contributed by atoms with Crippen LogP contribution >= 0.6 is 11.6 Å². The second-order valence-electron chi connectivity index (χ2n) is 4.20. The number of unbranched alkanes of at least 4 members (excludes halogenated alkanes) is 1. The first-order chi connectivity index (χ1) is 8.24. The minimum Gasteiger partial charge on any atom is -0.276 e. The highest BCUT2D eigenvalue weighted by molar-refractivity contribution is 6.68. The first-order valence-corrected chi connectivity index (χ1v) is 6.32. The summed E-state index contributed by atoms with van der Waals surface area (Å²) in [5.74, 6) is 0. The van der Waals surface area contributed by atoms with Crippen molar-refractivity contribution in [3.05, 3.63) is 47.5 Å². The lowest BCUT2D eigenvalue weighted by atomic mass is 9.97. The molecule has 88 valence electrons. The van der Waals surface area contributed by atoms with E-state index in [4.69, 9.17) is 11.6 Å². The molecule has 0 heterocycles. The van der Waals surface area contributed by atoms with E-state index in [0.717, 1.165) is 23.6 Å². The monoisotopic (exact) mass is 246 g/mol. The van der Waals surface area contributed by atoms with Crippen molar-refractivity contribution in [1.82, 2.24) is 0 Å². The predicted molar refractivity (Wildman–Crippen MR) is 72.7 cm³/mol. The zero-order chi connectivity index (χ0) is 12.3. The highest BCUT2D eigenvalue weighted by Crippen LogP contribution is 2.25. The molecule has 0 aliphatic rings. The molecule has 0 bridgehead atoms. The van der Waals surface area contributed by atoms with E-state index in [-0.39, 0.29) is 5.24 Å². The molecule has 2 heteroatoms. The molecule has 0 fully saturated rings. The molecule has 0 atom stereocenters. The van der Waals surface area contributed by atoms with Gasteiger partial charge in [0, 0.05) is 5.56 Å². The van der Waals surface area contributed by atoms with Gasteiger partial charge in [-0.1, -0.05) is 43.7 Å². The van der Waals surface area contributed by atoms with E-state index in [1.54, 1.807) is 0 Å². The van der Waals surface area contributed by atoms with Crippen LogP contribution in [0.25, 0.3) is 10.8 Å². The molecule has 17 heavy (non-hydrogen) atoms. The maximum atomic E-state index is 11.4. The maximum absolute atomic E-state index is 11.4. The van der Waals surface area contributed by atoms with Gasteiger partial charge < -0.3 is 0 Å². The Morgan fingerprint density at radius 1 is 1.12 bits per heavy atom. The number of rotatable bonds is 4. The predicted octanol–water partition coefficient (Wildman–Crippen LogP) is 4.56. The second kappa shape index (κ2) is 5.33. The molecule has 0 saturated carbocycles. The maximum Gasteiger partial charge on any atom is 0.253 e. The minimum atomic E-state index is -0.386. The van der Waals surface area contributed by atoms with Gasteiger partial charge in [-0.25, -0.2) is 0 Å². The Balaban J connectivity index is 2.58. The van der Waals surface area contributed by atoms with Crippen LogP contribution in [0, 0.1) is 0 Å². The highest BCUT2D eigenvalue weighted by Gasteiger charge is 2.09. The Bertz CT molecular complexity index is 546. The lowest BCUT2D eigenvalue weighted by molar-refractivity contribution is 0.108. The fourth-order valence-corrected chi connectivity index (χ4v) is 2.28. The first kappa shape index (κ1) is 12.1. The molecule has 0 aromatic heterocycles. The Kier molecular flexibility index (Phi) is 3.80. The van der Waals surface area contributed by atoms with Crippen molar-refractivity contribution in [2.24, 2.45) is 0 Å². The summed E-state index contributed by atoms with van der Waals surface area (Å²) in [5, 5.41) is 1.72. The van der Waals surface area contributed by atoms with Gasteiger partial charge in [0.05, 0.1) is 0 Å². The zero-order valence-electron chi connectivity index (χ0n) is 9.87. The fourth-order valence-electron chi connectivity index (χ4n) is 2.12. The van der Waals surface area contributed by atoms with Crippen LogP contribution in [0.3, 0.4) is 0 Å². The largest absolute Gasteiger partial charge is 0.276 e. The number of carbonyl (C=O) groups excluding carboxylic acids is 1. The molecule has 2 rings (SSSR count). The lowest BCUT2D eigenvalue weighted by Gasteiger charge is -2.08. The normalized spacial score (nSPS) is 10.7. The number of carbonyl (C=O) groups is 1. The molecule has 2 aromatic carbocycles. The van der Waals surface area contributed by atoms with E-state index >= 15 is 0 Å². The molecule has 0 spiro atoms. The number of aryl methyl sites for hydroxylation is 1. The molecule has 0 amide bonds. The van der Waals surface area contributed by atoms with Crippen molar-refractivity contribution in [2.45, 2.75) is 26.2 Å². The van der Waals surface area contributed by atoms with Gasteiger partial charge in [-0.3, -0.25) is 4.79 Å². The molecule has 0 aliphatic heterocycles. The van der Waals surface area contributed by atoms with Crippen molar-refractivity contribution >= 4 is 27.6 Å². The molecule has 0 unspecified atom stereocenters. The van der Waals surface area contributed by atoms with Crippen LogP contribution in [0.5, 0.6) is 0 Å².